The van der Waals surface area contributed by atoms with Gasteiger partial charge in [-0.25, -0.2) is 4.39 Å². The van der Waals surface area contributed by atoms with Crippen LogP contribution in [0.25, 0.3) is 4.96 Å². The van der Waals surface area contributed by atoms with Crippen LogP contribution < -0.4 is 5.73 Å². The van der Waals surface area contributed by atoms with Crippen LogP contribution in [0.15, 0.2) is 22.5 Å². The number of fused-ring (bicyclic) bond motifs is 1. The van der Waals surface area contributed by atoms with E-state index in [4.69, 9.17) is 17.3 Å². The van der Waals surface area contributed by atoms with Gasteiger partial charge in [0.25, 0.3) is 0 Å². The van der Waals surface area contributed by atoms with Crippen LogP contribution in [-0.4, -0.2) is 19.8 Å². The van der Waals surface area contributed by atoms with Gasteiger partial charge < -0.3 is 5.73 Å². The highest BCUT2D eigenvalue weighted by Gasteiger charge is 2.19. The number of nitrogens with two attached hydrogens (primary N) is 1. The second-order valence-electron chi connectivity index (χ2n) is 5.85. The molecule has 0 saturated carbocycles. The maximum absolute atomic E-state index is 13.8. The number of thioether (sulfide) groups is 1. The van der Waals surface area contributed by atoms with E-state index in [1.807, 2.05) is 0 Å². The fourth-order valence-corrected chi connectivity index (χ4v) is 4.55. The van der Waals surface area contributed by atoms with Crippen molar-refractivity contribution in [2.75, 3.05) is 0 Å². The van der Waals surface area contributed by atoms with Gasteiger partial charge in [0.15, 0.2) is 10.2 Å². The van der Waals surface area contributed by atoms with Gasteiger partial charge in [0.05, 0.1) is 6.04 Å². The summed E-state index contributed by atoms with van der Waals surface area (Å²) in [4.78, 5) is 0.686. The normalized spacial score (nSPS) is 13.1. The second-order valence-corrected chi connectivity index (χ2v) is 8.43. The van der Waals surface area contributed by atoms with Gasteiger partial charge >= 0.3 is 0 Å². The second kappa shape index (κ2) is 7.35. The van der Waals surface area contributed by atoms with Crippen LogP contribution >= 0.6 is 34.7 Å². The van der Waals surface area contributed by atoms with Gasteiger partial charge in [-0.1, -0.05) is 54.6 Å². The molecule has 24 heavy (non-hydrogen) atoms. The van der Waals surface area contributed by atoms with Crippen LogP contribution in [0.1, 0.15) is 37.7 Å². The largest absolute Gasteiger partial charge is 0.321 e. The highest BCUT2D eigenvalue weighted by molar-refractivity contribution is 8.00. The number of hydrogen-bond donors (Lipinski definition) is 1. The summed E-state index contributed by atoms with van der Waals surface area (Å²) in [5.74, 6) is 1.22. The highest BCUT2D eigenvalue weighted by atomic mass is 35.5. The number of aromatic nitrogens is 4. The Balaban J connectivity index is 1.78. The van der Waals surface area contributed by atoms with Gasteiger partial charge in [0.2, 0.25) is 4.96 Å². The van der Waals surface area contributed by atoms with Crippen molar-refractivity contribution in [2.45, 2.75) is 36.4 Å². The predicted octanol–water partition coefficient (Wildman–Crippen LogP) is 4.32. The Bertz CT molecular complexity index is 827. The third-order valence-electron chi connectivity index (χ3n) is 3.46. The molecule has 2 aromatic heterocycles. The van der Waals surface area contributed by atoms with Crippen LogP contribution in [-0.2, 0) is 5.75 Å². The molecule has 0 radical (unpaired) electrons. The molecule has 2 heterocycles. The van der Waals surface area contributed by atoms with Crippen molar-refractivity contribution in [3.8, 4) is 0 Å². The van der Waals surface area contributed by atoms with Crippen LogP contribution in [0.2, 0.25) is 5.02 Å². The van der Waals surface area contributed by atoms with E-state index in [1.54, 1.807) is 16.6 Å². The Morgan fingerprint density at radius 1 is 1.38 bits per heavy atom. The summed E-state index contributed by atoms with van der Waals surface area (Å²) in [6.07, 6.45) is 0.811. The van der Waals surface area contributed by atoms with E-state index in [2.05, 4.69) is 29.1 Å². The molecule has 0 saturated heterocycles. The van der Waals surface area contributed by atoms with Crippen LogP contribution in [0.4, 0.5) is 4.39 Å². The first-order valence-electron chi connectivity index (χ1n) is 7.49. The van der Waals surface area contributed by atoms with E-state index in [0.29, 0.717) is 33.0 Å². The third-order valence-corrected chi connectivity index (χ3v) is 5.87. The highest BCUT2D eigenvalue weighted by Crippen LogP contribution is 2.31. The molecule has 3 aromatic rings. The lowest BCUT2D eigenvalue weighted by molar-refractivity contribution is 0.485. The van der Waals surface area contributed by atoms with E-state index < -0.39 is 0 Å². The van der Waals surface area contributed by atoms with Crippen molar-refractivity contribution >= 4 is 39.7 Å². The molecule has 1 aromatic carbocycles. The lowest BCUT2D eigenvalue weighted by atomic mass is 10.0. The minimum absolute atomic E-state index is 0.207. The molecule has 0 aliphatic carbocycles. The summed E-state index contributed by atoms with van der Waals surface area (Å²) in [5.41, 5.74) is 6.67. The fraction of sp³-hybridized carbons (Fsp3) is 0.400. The zero-order chi connectivity index (χ0) is 17.3. The molecule has 0 aliphatic heterocycles. The molecule has 0 bridgehead atoms. The number of rotatable bonds is 6. The van der Waals surface area contributed by atoms with Crippen molar-refractivity contribution in [3.63, 3.8) is 0 Å². The first kappa shape index (κ1) is 17.6. The molecule has 0 spiro atoms. The number of benzene rings is 1. The average molecular weight is 386 g/mol. The summed E-state index contributed by atoms with van der Waals surface area (Å²) < 4.78 is 16.3. The summed E-state index contributed by atoms with van der Waals surface area (Å²) in [6, 6.07) is 4.48. The number of hydrogen-bond acceptors (Lipinski definition) is 6. The van der Waals surface area contributed by atoms with E-state index in [0.717, 1.165) is 10.8 Å². The molecule has 128 valence electrons. The maximum Gasteiger partial charge on any atom is 0.235 e. The van der Waals surface area contributed by atoms with E-state index in [-0.39, 0.29) is 11.9 Å². The predicted molar refractivity (Wildman–Crippen MR) is 96.0 cm³/mol. The van der Waals surface area contributed by atoms with Gasteiger partial charge in [-0.2, -0.15) is 4.52 Å². The monoisotopic (exact) mass is 385 g/mol. The zero-order valence-electron chi connectivity index (χ0n) is 13.2. The standard InChI is InChI=1S/C15H17ClFN5S2/c1-8(2)6-12(18)13-19-20-14-22(13)21-15(24-14)23-7-9-10(16)4-3-5-11(9)17/h3-5,8,12H,6-7,18H2,1-2H3. The van der Waals surface area contributed by atoms with Crippen LogP contribution in [0, 0.1) is 11.7 Å². The molecule has 0 fully saturated rings. The lowest BCUT2D eigenvalue weighted by Crippen LogP contribution is -2.16. The van der Waals surface area contributed by atoms with Gasteiger partial charge in [0, 0.05) is 16.3 Å². The first-order valence-corrected chi connectivity index (χ1v) is 9.67. The third kappa shape index (κ3) is 3.72. The van der Waals surface area contributed by atoms with Crippen molar-refractivity contribution < 1.29 is 4.39 Å². The summed E-state index contributed by atoms with van der Waals surface area (Å²) in [5, 5.41) is 13.2. The minimum Gasteiger partial charge on any atom is -0.321 e. The van der Waals surface area contributed by atoms with E-state index >= 15 is 0 Å². The summed E-state index contributed by atoms with van der Waals surface area (Å²) >= 11 is 8.88. The lowest BCUT2D eigenvalue weighted by Gasteiger charge is -2.10. The quantitative estimate of drug-likeness (QED) is 0.640. The number of halogens is 2. The molecule has 0 aliphatic rings. The van der Waals surface area contributed by atoms with Crippen molar-refractivity contribution in [2.24, 2.45) is 11.7 Å². The van der Waals surface area contributed by atoms with Crippen molar-refractivity contribution in [1.29, 1.82) is 0 Å². The van der Waals surface area contributed by atoms with Crippen molar-refractivity contribution in [1.82, 2.24) is 19.8 Å². The Morgan fingerprint density at radius 2 is 2.17 bits per heavy atom. The summed E-state index contributed by atoms with van der Waals surface area (Å²) in [7, 11) is 0. The Hall–Kier alpha value is -1.22. The maximum atomic E-state index is 13.8. The molecule has 1 unspecified atom stereocenters. The first-order chi connectivity index (χ1) is 11.5. The van der Waals surface area contributed by atoms with Gasteiger partial charge in [-0.05, 0) is 24.5 Å². The van der Waals surface area contributed by atoms with E-state index in [1.165, 1.54) is 29.2 Å². The Morgan fingerprint density at radius 3 is 2.88 bits per heavy atom. The van der Waals surface area contributed by atoms with Crippen LogP contribution in [0.3, 0.4) is 0 Å². The molecule has 9 heteroatoms. The topological polar surface area (TPSA) is 69.1 Å². The molecule has 3 rings (SSSR count). The van der Waals surface area contributed by atoms with Gasteiger partial charge in [-0.3, -0.25) is 0 Å². The van der Waals surface area contributed by atoms with E-state index in [9.17, 15) is 4.39 Å². The Kier molecular flexibility index (Phi) is 5.39. The SMILES string of the molecule is CC(C)CC(N)c1nnc2sc(SCc3c(F)cccc3Cl)nn12. The van der Waals surface area contributed by atoms with Crippen LogP contribution in [0.5, 0.6) is 0 Å². The molecule has 1 atom stereocenters. The molecule has 5 nitrogen and oxygen atoms in total. The molecule has 2 N–H and O–H groups in total. The summed E-state index contributed by atoms with van der Waals surface area (Å²) in [6.45, 7) is 4.22. The zero-order valence-corrected chi connectivity index (χ0v) is 15.6. The smallest absolute Gasteiger partial charge is 0.235 e. The van der Waals surface area contributed by atoms with Gasteiger partial charge in [0.1, 0.15) is 5.82 Å². The van der Waals surface area contributed by atoms with Crippen molar-refractivity contribution in [3.05, 3.63) is 40.4 Å². The average Bonchev–Trinajstić information content (AvgIpc) is 3.05. The number of nitrogens with zero attached hydrogens (tertiary/aromatic N) is 4. The minimum atomic E-state index is -0.308. The molecular formula is C15H17ClFN5S2. The molecular weight excluding hydrogens is 369 g/mol. The van der Waals surface area contributed by atoms with Gasteiger partial charge in [-0.15, -0.1) is 15.3 Å². The molecule has 0 amide bonds. The fourth-order valence-electron chi connectivity index (χ4n) is 2.32. The Labute approximate surface area is 152 Å².